The lowest BCUT2D eigenvalue weighted by atomic mass is 9.83. The third kappa shape index (κ3) is 3.52. The van der Waals surface area contributed by atoms with Gasteiger partial charge in [0.05, 0.1) is 5.69 Å². The van der Waals surface area contributed by atoms with E-state index in [1.807, 2.05) is 0 Å². The van der Waals surface area contributed by atoms with Crippen LogP contribution in [0.15, 0.2) is 65.1 Å². The molecule has 0 radical (unpaired) electrons. The second-order valence-corrected chi connectivity index (χ2v) is 10.1. The largest absolute Gasteiger partial charge is 0.454 e. The molecular weight excluding hydrogens is 378 g/mol. The van der Waals surface area contributed by atoms with E-state index in [1.165, 1.54) is 59.7 Å². The predicted octanol–water partition coefficient (Wildman–Crippen LogP) is 8.70. The van der Waals surface area contributed by atoms with Gasteiger partial charge in [0.1, 0.15) is 5.58 Å². The summed E-state index contributed by atoms with van der Waals surface area (Å²) in [5.74, 6) is 0.626. The zero-order valence-electron chi connectivity index (χ0n) is 19.2. The average molecular weight is 412 g/mol. The summed E-state index contributed by atoms with van der Waals surface area (Å²) in [6.07, 6.45) is 6.59. The Morgan fingerprint density at radius 1 is 0.742 bits per heavy atom. The van der Waals surface area contributed by atoms with Crippen molar-refractivity contribution in [3.63, 3.8) is 0 Å². The quantitative estimate of drug-likeness (QED) is 0.335. The van der Waals surface area contributed by atoms with Crippen LogP contribution in [0.2, 0.25) is 0 Å². The van der Waals surface area contributed by atoms with Gasteiger partial charge >= 0.3 is 0 Å². The summed E-state index contributed by atoms with van der Waals surface area (Å²) in [5.41, 5.74) is 7.25. The summed E-state index contributed by atoms with van der Waals surface area (Å²) in [6, 6.07) is 22.0. The van der Waals surface area contributed by atoms with Crippen LogP contribution >= 0.6 is 0 Å². The van der Waals surface area contributed by atoms with Crippen molar-refractivity contribution in [3.05, 3.63) is 71.8 Å². The van der Waals surface area contributed by atoms with Crippen LogP contribution in [0.1, 0.15) is 69.9 Å². The third-order valence-corrected chi connectivity index (χ3v) is 7.01. The molecule has 1 aliphatic carbocycles. The second-order valence-electron chi connectivity index (χ2n) is 10.1. The number of furan rings is 1. The highest BCUT2D eigenvalue weighted by Gasteiger charge is 2.24. The molecule has 0 N–H and O–H groups in total. The monoisotopic (exact) mass is 411 g/mol. The molecule has 2 nitrogen and oxygen atoms in total. The van der Waals surface area contributed by atoms with Crippen molar-refractivity contribution >= 4 is 33.3 Å². The third-order valence-electron chi connectivity index (χ3n) is 7.01. The van der Waals surface area contributed by atoms with Crippen molar-refractivity contribution in [2.45, 2.75) is 64.2 Å². The second kappa shape index (κ2) is 7.75. The summed E-state index contributed by atoms with van der Waals surface area (Å²) in [7, 11) is 2.16. The summed E-state index contributed by atoms with van der Waals surface area (Å²) >= 11 is 0. The Morgan fingerprint density at radius 3 is 2.13 bits per heavy atom. The Labute approximate surface area is 185 Å². The summed E-state index contributed by atoms with van der Waals surface area (Å²) in [5, 5.41) is 2.46. The molecule has 5 rings (SSSR count). The van der Waals surface area contributed by atoms with Crippen LogP contribution < -0.4 is 4.90 Å². The molecule has 1 fully saturated rings. The molecule has 1 saturated carbocycles. The van der Waals surface area contributed by atoms with E-state index in [-0.39, 0.29) is 5.41 Å². The fourth-order valence-corrected chi connectivity index (χ4v) is 5.36. The molecule has 31 heavy (non-hydrogen) atoms. The van der Waals surface area contributed by atoms with E-state index < -0.39 is 0 Å². The number of fused-ring (bicyclic) bond motifs is 3. The zero-order chi connectivity index (χ0) is 21.6. The highest BCUT2D eigenvalue weighted by Crippen LogP contribution is 2.43. The maximum Gasteiger partial charge on any atom is 0.159 e. The molecule has 3 aromatic carbocycles. The van der Waals surface area contributed by atoms with Crippen LogP contribution in [0.3, 0.4) is 0 Å². The van der Waals surface area contributed by atoms with Crippen LogP contribution in [0.5, 0.6) is 0 Å². The smallest absolute Gasteiger partial charge is 0.159 e. The molecule has 0 amide bonds. The topological polar surface area (TPSA) is 16.4 Å². The first-order chi connectivity index (χ1) is 14.9. The minimum absolute atomic E-state index is 0.0702. The molecule has 1 aliphatic rings. The van der Waals surface area contributed by atoms with E-state index in [4.69, 9.17) is 4.42 Å². The number of hydrogen-bond donors (Lipinski definition) is 0. The standard InChI is InChI=1S/C29H33NO/c1-29(2,3)24-17-8-9-18-25(24)30(4)26-19-11-16-23-22-15-10-14-21(27(22)31-28(23)26)20-12-6-5-7-13-20/h8-11,14-20H,5-7,12-13H2,1-4H3. The number of rotatable bonds is 3. The lowest BCUT2D eigenvalue weighted by Crippen LogP contribution is -2.19. The van der Waals surface area contributed by atoms with Gasteiger partial charge in [-0.15, -0.1) is 0 Å². The van der Waals surface area contributed by atoms with Gasteiger partial charge in [0, 0.05) is 23.5 Å². The van der Waals surface area contributed by atoms with E-state index >= 15 is 0 Å². The molecule has 0 bridgehead atoms. The molecule has 0 atom stereocenters. The van der Waals surface area contributed by atoms with Gasteiger partial charge in [-0.2, -0.15) is 0 Å². The van der Waals surface area contributed by atoms with Crippen LogP contribution in [-0.4, -0.2) is 7.05 Å². The Balaban J connectivity index is 1.68. The van der Waals surface area contributed by atoms with Crippen LogP contribution in [0, 0.1) is 0 Å². The summed E-state index contributed by atoms with van der Waals surface area (Å²) < 4.78 is 6.69. The molecule has 4 aromatic rings. The Hall–Kier alpha value is -2.74. The highest BCUT2D eigenvalue weighted by atomic mass is 16.3. The van der Waals surface area contributed by atoms with Crippen molar-refractivity contribution in [1.29, 1.82) is 0 Å². The number of para-hydroxylation sites is 3. The zero-order valence-corrected chi connectivity index (χ0v) is 19.2. The van der Waals surface area contributed by atoms with Gasteiger partial charge in [-0.1, -0.05) is 88.6 Å². The van der Waals surface area contributed by atoms with Crippen molar-refractivity contribution in [2.24, 2.45) is 0 Å². The highest BCUT2D eigenvalue weighted by molar-refractivity contribution is 6.10. The Bertz CT molecular complexity index is 1220. The minimum atomic E-state index is 0.0702. The van der Waals surface area contributed by atoms with Crippen molar-refractivity contribution in [3.8, 4) is 0 Å². The van der Waals surface area contributed by atoms with Gasteiger partial charge in [-0.05, 0) is 47.4 Å². The number of anilines is 2. The number of hydrogen-bond acceptors (Lipinski definition) is 2. The van der Waals surface area contributed by atoms with Crippen molar-refractivity contribution in [2.75, 3.05) is 11.9 Å². The lowest BCUT2D eigenvalue weighted by Gasteiger charge is -2.29. The van der Waals surface area contributed by atoms with Crippen molar-refractivity contribution in [1.82, 2.24) is 0 Å². The molecule has 1 heterocycles. The molecule has 1 aromatic heterocycles. The number of benzene rings is 3. The van der Waals surface area contributed by atoms with Gasteiger partial charge in [0.2, 0.25) is 0 Å². The van der Waals surface area contributed by atoms with Gasteiger partial charge < -0.3 is 9.32 Å². The fraction of sp³-hybridized carbons (Fsp3) is 0.379. The molecular formula is C29H33NO. The molecule has 2 heteroatoms. The first-order valence-corrected chi connectivity index (χ1v) is 11.7. The van der Waals surface area contributed by atoms with Crippen molar-refractivity contribution < 1.29 is 4.42 Å². The molecule has 0 aliphatic heterocycles. The van der Waals surface area contributed by atoms with E-state index in [0.717, 1.165) is 16.9 Å². The molecule has 0 unspecified atom stereocenters. The predicted molar refractivity (Wildman–Crippen MR) is 133 cm³/mol. The minimum Gasteiger partial charge on any atom is -0.454 e. The fourth-order valence-electron chi connectivity index (χ4n) is 5.36. The summed E-state index contributed by atoms with van der Waals surface area (Å²) in [4.78, 5) is 2.30. The number of nitrogens with zero attached hydrogens (tertiary/aromatic N) is 1. The average Bonchev–Trinajstić information content (AvgIpc) is 3.17. The molecule has 0 spiro atoms. The normalized spacial score (nSPS) is 15.6. The summed E-state index contributed by atoms with van der Waals surface area (Å²) in [6.45, 7) is 6.83. The van der Waals surface area contributed by atoms with Crippen LogP contribution in [-0.2, 0) is 5.41 Å². The first kappa shape index (κ1) is 20.2. The lowest BCUT2D eigenvalue weighted by molar-refractivity contribution is 0.442. The van der Waals surface area contributed by atoms with E-state index in [1.54, 1.807) is 0 Å². The maximum absolute atomic E-state index is 6.69. The van der Waals surface area contributed by atoms with Gasteiger partial charge in [0.15, 0.2) is 5.58 Å². The SMILES string of the molecule is CN(c1ccccc1C(C)(C)C)c1cccc2c1oc1c(C3CCCCC3)cccc12. The van der Waals surface area contributed by atoms with E-state index in [0.29, 0.717) is 5.92 Å². The van der Waals surface area contributed by atoms with E-state index in [2.05, 4.69) is 93.4 Å². The van der Waals surface area contributed by atoms with Gasteiger partial charge in [-0.25, -0.2) is 0 Å². The Kier molecular flexibility index (Phi) is 5.04. The van der Waals surface area contributed by atoms with Crippen LogP contribution in [0.4, 0.5) is 11.4 Å². The van der Waals surface area contributed by atoms with Crippen LogP contribution in [0.25, 0.3) is 21.9 Å². The van der Waals surface area contributed by atoms with Gasteiger partial charge in [0.25, 0.3) is 0 Å². The first-order valence-electron chi connectivity index (χ1n) is 11.7. The van der Waals surface area contributed by atoms with Gasteiger partial charge in [-0.3, -0.25) is 0 Å². The maximum atomic E-state index is 6.69. The molecule has 0 saturated heterocycles. The molecule has 160 valence electrons. The van der Waals surface area contributed by atoms with E-state index in [9.17, 15) is 0 Å². The Morgan fingerprint density at radius 2 is 1.39 bits per heavy atom.